The average Bonchev–Trinajstić information content (AvgIpc) is 3.30. The maximum absolute atomic E-state index is 13.7. The lowest BCUT2D eigenvalue weighted by molar-refractivity contribution is -0.113. The van der Waals surface area contributed by atoms with Crippen molar-refractivity contribution >= 4 is 34.3 Å². The Morgan fingerprint density at radius 3 is 2.72 bits per heavy atom. The van der Waals surface area contributed by atoms with Gasteiger partial charge >= 0.3 is 0 Å². The van der Waals surface area contributed by atoms with Gasteiger partial charge in [0.25, 0.3) is 0 Å². The maximum Gasteiger partial charge on any atom is 0.234 e. The predicted octanol–water partition coefficient (Wildman–Crippen LogP) is 4.38. The van der Waals surface area contributed by atoms with Crippen LogP contribution in [0.2, 0.25) is 0 Å². The second-order valence-corrected chi connectivity index (χ2v) is 7.02. The van der Waals surface area contributed by atoms with E-state index in [0.717, 1.165) is 29.3 Å². The molecule has 0 spiro atoms. The van der Waals surface area contributed by atoms with Crippen LogP contribution in [0.4, 0.5) is 18.9 Å². The van der Waals surface area contributed by atoms with Crippen molar-refractivity contribution in [3.8, 4) is 11.6 Å². The molecule has 0 bridgehead atoms. The van der Waals surface area contributed by atoms with Gasteiger partial charge in [0.05, 0.1) is 11.4 Å². The number of benzene rings is 2. The summed E-state index contributed by atoms with van der Waals surface area (Å²) < 4.78 is 47.3. The maximum atomic E-state index is 13.7. The topological polar surface area (TPSA) is 73.0 Å². The number of amides is 1. The molecule has 4 aromatic rings. The van der Waals surface area contributed by atoms with E-state index in [-0.39, 0.29) is 5.75 Å². The molecular formula is C19H13F3N4O2S. The Labute approximate surface area is 166 Å². The number of aromatic nitrogens is 3. The van der Waals surface area contributed by atoms with E-state index in [1.165, 1.54) is 0 Å². The van der Waals surface area contributed by atoms with Gasteiger partial charge in [-0.2, -0.15) is 0 Å². The molecule has 1 N–H and O–H groups in total. The molecular weight excluding hydrogens is 405 g/mol. The lowest BCUT2D eigenvalue weighted by Crippen LogP contribution is -2.16. The standard InChI is InChI=1S/C19H13F3N4O2S/c1-26-18(14-8-10-4-2-3-5-13(10)28-14)24-25-19(26)29-9-15(27)23-12-7-6-11(20)16(21)17(12)22/h2-8H,9H2,1H3,(H,23,27). The van der Waals surface area contributed by atoms with Gasteiger partial charge in [0.15, 0.2) is 34.2 Å². The number of halogens is 3. The van der Waals surface area contributed by atoms with Gasteiger partial charge < -0.3 is 14.3 Å². The third-order valence-electron chi connectivity index (χ3n) is 4.12. The SMILES string of the molecule is Cn1c(SCC(=O)Nc2ccc(F)c(F)c2F)nnc1-c1cc2ccccc2o1. The molecule has 2 aromatic heterocycles. The van der Waals surface area contributed by atoms with E-state index >= 15 is 0 Å². The molecule has 0 atom stereocenters. The zero-order chi connectivity index (χ0) is 20.5. The number of thioether (sulfide) groups is 1. The number of anilines is 1. The summed E-state index contributed by atoms with van der Waals surface area (Å²) in [7, 11) is 1.72. The van der Waals surface area contributed by atoms with Crippen molar-refractivity contribution in [2.45, 2.75) is 5.16 Å². The molecule has 2 aromatic carbocycles. The van der Waals surface area contributed by atoms with Crippen molar-refractivity contribution in [3.63, 3.8) is 0 Å². The van der Waals surface area contributed by atoms with Crippen molar-refractivity contribution in [1.82, 2.24) is 14.8 Å². The van der Waals surface area contributed by atoms with Crippen LogP contribution in [0.15, 0.2) is 52.0 Å². The zero-order valence-electron chi connectivity index (χ0n) is 14.9. The Morgan fingerprint density at radius 1 is 1.14 bits per heavy atom. The lowest BCUT2D eigenvalue weighted by atomic mass is 10.2. The summed E-state index contributed by atoms with van der Waals surface area (Å²) in [6.07, 6.45) is 0. The van der Waals surface area contributed by atoms with Gasteiger partial charge in [0, 0.05) is 12.4 Å². The number of para-hydroxylation sites is 1. The quantitative estimate of drug-likeness (QED) is 0.385. The van der Waals surface area contributed by atoms with Crippen LogP contribution >= 0.6 is 11.8 Å². The number of nitrogens with zero attached hydrogens (tertiary/aromatic N) is 3. The van der Waals surface area contributed by atoms with Crippen molar-refractivity contribution < 1.29 is 22.4 Å². The van der Waals surface area contributed by atoms with E-state index in [0.29, 0.717) is 22.3 Å². The number of fused-ring (bicyclic) bond motifs is 1. The first kappa shape index (κ1) is 19.1. The first-order chi connectivity index (χ1) is 13.9. The van der Waals surface area contributed by atoms with Gasteiger partial charge in [-0.3, -0.25) is 4.79 Å². The van der Waals surface area contributed by atoms with E-state index in [2.05, 4.69) is 15.5 Å². The molecule has 0 aliphatic carbocycles. The van der Waals surface area contributed by atoms with Crippen molar-refractivity contribution in [2.24, 2.45) is 7.05 Å². The first-order valence-electron chi connectivity index (χ1n) is 8.38. The molecule has 10 heteroatoms. The van der Waals surface area contributed by atoms with Crippen LogP contribution in [-0.4, -0.2) is 26.4 Å². The zero-order valence-corrected chi connectivity index (χ0v) is 15.8. The van der Waals surface area contributed by atoms with E-state index in [9.17, 15) is 18.0 Å². The van der Waals surface area contributed by atoms with Crippen molar-refractivity contribution in [2.75, 3.05) is 11.1 Å². The van der Waals surface area contributed by atoms with Crippen LogP contribution in [0.25, 0.3) is 22.6 Å². The van der Waals surface area contributed by atoms with E-state index < -0.39 is 29.0 Å². The van der Waals surface area contributed by atoms with Crippen LogP contribution in [-0.2, 0) is 11.8 Å². The van der Waals surface area contributed by atoms with E-state index in [1.54, 1.807) is 11.6 Å². The molecule has 29 heavy (non-hydrogen) atoms. The van der Waals surface area contributed by atoms with Crippen LogP contribution in [0.1, 0.15) is 0 Å². The summed E-state index contributed by atoms with van der Waals surface area (Å²) in [5, 5.41) is 11.7. The Bertz CT molecular complexity index is 1190. The third-order valence-corrected chi connectivity index (χ3v) is 5.14. The van der Waals surface area contributed by atoms with Crippen molar-refractivity contribution in [1.29, 1.82) is 0 Å². The van der Waals surface area contributed by atoms with Crippen LogP contribution in [0, 0.1) is 17.5 Å². The summed E-state index contributed by atoms with van der Waals surface area (Å²) in [6.45, 7) is 0. The predicted molar refractivity (Wildman–Crippen MR) is 102 cm³/mol. The summed E-state index contributed by atoms with van der Waals surface area (Å²) in [4.78, 5) is 12.0. The molecule has 6 nitrogen and oxygen atoms in total. The van der Waals surface area contributed by atoms with Gasteiger partial charge in [-0.1, -0.05) is 30.0 Å². The second kappa shape index (κ2) is 7.63. The highest BCUT2D eigenvalue weighted by Gasteiger charge is 2.18. The highest BCUT2D eigenvalue weighted by Crippen LogP contribution is 2.28. The molecule has 4 rings (SSSR count). The fraction of sp³-hybridized carbons (Fsp3) is 0.105. The molecule has 0 radical (unpaired) electrons. The number of hydrogen-bond donors (Lipinski definition) is 1. The minimum absolute atomic E-state index is 0.134. The van der Waals surface area contributed by atoms with Crippen LogP contribution < -0.4 is 5.32 Å². The molecule has 0 unspecified atom stereocenters. The first-order valence-corrected chi connectivity index (χ1v) is 9.37. The summed E-state index contributed by atoms with van der Waals surface area (Å²) in [5.74, 6) is -4.14. The summed E-state index contributed by atoms with van der Waals surface area (Å²) >= 11 is 1.06. The van der Waals surface area contributed by atoms with Crippen LogP contribution in [0.5, 0.6) is 0 Å². The van der Waals surface area contributed by atoms with Crippen molar-refractivity contribution in [3.05, 3.63) is 59.9 Å². The smallest absolute Gasteiger partial charge is 0.234 e. The highest BCUT2D eigenvalue weighted by atomic mass is 32.2. The third kappa shape index (κ3) is 3.70. The average molecular weight is 418 g/mol. The molecule has 1 amide bonds. The largest absolute Gasteiger partial charge is 0.453 e. The normalized spacial score (nSPS) is 11.2. The molecule has 0 fully saturated rings. The van der Waals surface area contributed by atoms with Gasteiger partial charge in [-0.25, -0.2) is 13.2 Å². The minimum Gasteiger partial charge on any atom is -0.453 e. The van der Waals surface area contributed by atoms with Crippen LogP contribution in [0.3, 0.4) is 0 Å². The molecule has 0 aliphatic rings. The molecule has 0 saturated carbocycles. The number of carbonyl (C=O) groups is 1. The monoisotopic (exact) mass is 418 g/mol. The van der Waals surface area contributed by atoms with Gasteiger partial charge in [-0.05, 0) is 24.3 Å². The van der Waals surface area contributed by atoms with Gasteiger partial charge in [-0.15, -0.1) is 10.2 Å². The number of nitrogens with one attached hydrogen (secondary N) is 1. The number of hydrogen-bond acceptors (Lipinski definition) is 5. The molecule has 2 heterocycles. The second-order valence-electron chi connectivity index (χ2n) is 6.07. The lowest BCUT2D eigenvalue weighted by Gasteiger charge is -2.07. The number of carbonyl (C=O) groups excluding carboxylic acids is 1. The highest BCUT2D eigenvalue weighted by molar-refractivity contribution is 7.99. The fourth-order valence-electron chi connectivity index (χ4n) is 2.69. The molecule has 0 aliphatic heterocycles. The Hall–Kier alpha value is -3.27. The fourth-order valence-corrected chi connectivity index (χ4v) is 3.40. The Balaban J connectivity index is 1.45. The Morgan fingerprint density at radius 2 is 1.93 bits per heavy atom. The number of furan rings is 1. The molecule has 0 saturated heterocycles. The molecule has 148 valence electrons. The summed E-state index contributed by atoms with van der Waals surface area (Å²) in [6, 6.07) is 11.0. The van der Waals surface area contributed by atoms with E-state index in [1.807, 2.05) is 30.3 Å². The van der Waals surface area contributed by atoms with Gasteiger partial charge in [0.1, 0.15) is 5.58 Å². The van der Waals surface area contributed by atoms with Gasteiger partial charge in [0.2, 0.25) is 5.91 Å². The Kier molecular flexibility index (Phi) is 5.01. The summed E-state index contributed by atoms with van der Waals surface area (Å²) in [5.41, 5.74) is 0.281. The number of rotatable bonds is 5. The minimum atomic E-state index is -1.64. The van der Waals surface area contributed by atoms with E-state index in [4.69, 9.17) is 4.42 Å².